The summed E-state index contributed by atoms with van der Waals surface area (Å²) in [6.07, 6.45) is 6.57. The van der Waals surface area contributed by atoms with Gasteiger partial charge in [0.25, 0.3) is 0 Å². The number of hydrogen-bond acceptors (Lipinski definition) is 2. The maximum absolute atomic E-state index is 10.9. The monoisotopic (exact) mass is 212 g/mol. The van der Waals surface area contributed by atoms with E-state index >= 15 is 0 Å². The number of nitrogens with two attached hydrogens (primary N) is 1. The number of rotatable bonds is 4. The van der Waals surface area contributed by atoms with Crippen LogP contribution < -0.4 is 11.1 Å². The lowest BCUT2D eigenvalue weighted by molar-refractivity contribution is -0.121. The average Bonchev–Trinajstić information content (AvgIpc) is 2.39. The van der Waals surface area contributed by atoms with E-state index < -0.39 is 0 Å². The lowest BCUT2D eigenvalue weighted by Crippen LogP contribution is -2.40. The number of carbonyl (C=O) groups is 1. The van der Waals surface area contributed by atoms with E-state index in [2.05, 4.69) is 12.2 Å². The van der Waals surface area contributed by atoms with Crippen molar-refractivity contribution in [2.45, 2.75) is 52.0 Å². The zero-order chi connectivity index (χ0) is 11.3. The van der Waals surface area contributed by atoms with Crippen molar-refractivity contribution in [1.29, 1.82) is 0 Å². The van der Waals surface area contributed by atoms with Crippen molar-refractivity contribution >= 4 is 5.91 Å². The van der Waals surface area contributed by atoms with Crippen LogP contribution in [0.5, 0.6) is 0 Å². The van der Waals surface area contributed by atoms with Crippen LogP contribution in [-0.2, 0) is 4.79 Å². The van der Waals surface area contributed by atoms with Gasteiger partial charge in [-0.2, -0.15) is 0 Å². The van der Waals surface area contributed by atoms with Crippen LogP contribution in [0.25, 0.3) is 0 Å². The number of amides is 1. The SMILES string of the molecule is CC(CNC1CCCCCC1C)C(N)=O. The molecule has 1 aliphatic rings. The summed E-state index contributed by atoms with van der Waals surface area (Å²) in [5.74, 6) is 0.469. The molecule has 3 heteroatoms. The van der Waals surface area contributed by atoms with Gasteiger partial charge in [0, 0.05) is 18.5 Å². The first-order valence-electron chi connectivity index (χ1n) is 6.14. The van der Waals surface area contributed by atoms with Crippen molar-refractivity contribution < 1.29 is 4.79 Å². The quantitative estimate of drug-likeness (QED) is 0.696. The van der Waals surface area contributed by atoms with Crippen LogP contribution in [0.15, 0.2) is 0 Å². The molecule has 0 aromatic heterocycles. The van der Waals surface area contributed by atoms with Gasteiger partial charge < -0.3 is 11.1 Å². The molecule has 3 nitrogen and oxygen atoms in total. The van der Waals surface area contributed by atoms with E-state index in [1.807, 2.05) is 6.92 Å². The van der Waals surface area contributed by atoms with E-state index in [4.69, 9.17) is 5.73 Å². The Balaban J connectivity index is 2.32. The molecule has 0 aliphatic heterocycles. The number of primary amides is 1. The molecule has 3 atom stereocenters. The minimum atomic E-state index is -0.205. The summed E-state index contributed by atoms with van der Waals surface area (Å²) in [5.41, 5.74) is 5.24. The highest BCUT2D eigenvalue weighted by Gasteiger charge is 2.20. The highest BCUT2D eigenvalue weighted by Crippen LogP contribution is 2.22. The van der Waals surface area contributed by atoms with Crippen molar-refractivity contribution in [2.24, 2.45) is 17.6 Å². The van der Waals surface area contributed by atoms with Gasteiger partial charge in [-0.1, -0.05) is 33.1 Å². The second-order valence-corrected chi connectivity index (χ2v) is 4.93. The third-order valence-corrected chi connectivity index (χ3v) is 3.53. The first kappa shape index (κ1) is 12.5. The number of carbonyl (C=O) groups excluding carboxylic acids is 1. The Morgan fingerprint density at radius 3 is 2.73 bits per heavy atom. The molecule has 0 aromatic carbocycles. The van der Waals surface area contributed by atoms with Gasteiger partial charge in [-0.05, 0) is 18.8 Å². The summed E-state index contributed by atoms with van der Waals surface area (Å²) in [5, 5.41) is 3.49. The van der Waals surface area contributed by atoms with Crippen LogP contribution in [0.4, 0.5) is 0 Å². The summed E-state index contributed by atoms with van der Waals surface area (Å²) in [7, 11) is 0. The molecule has 1 amide bonds. The Labute approximate surface area is 92.8 Å². The molecule has 3 N–H and O–H groups in total. The van der Waals surface area contributed by atoms with Gasteiger partial charge in [0.1, 0.15) is 0 Å². The molecular weight excluding hydrogens is 188 g/mol. The van der Waals surface area contributed by atoms with Crippen molar-refractivity contribution in [3.63, 3.8) is 0 Å². The topological polar surface area (TPSA) is 55.1 Å². The molecule has 1 fully saturated rings. The lowest BCUT2D eigenvalue weighted by Gasteiger charge is -2.24. The molecule has 3 unspecified atom stereocenters. The van der Waals surface area contributed by atoms with Crippen molar-refractivity contribution in [3.8, 4) is 0 Å². The third kappa shape index (κ3) is 4.20. The Morgan fingerprint density at radius 2 is 2.07 bits per heavy atom. The van der Waals surface area contributed by atoms with Gasteiger partial charge in [-0.15, -0.1) is 0 Å². The van der Waals surface area contributed by atoms with Crippen molar-refractivity contribution in [3.05, 3.63) is 0 Å². The smallest absolute Gasteiger partial charge is 0.221 e. The fourth-order valence-corrected chi connectivity index (χ4v) is 2.23. The number of nitrogens with one attached hydrogen (secondary N) is 1. The second kappa shape index (κ2) is 6.11. The number of hydrogen-bond donors (Lipinski definition) is 2. The third-order valence-electron chi connectivity index (χ3n) is 3.53. The van der Waals surface area contributed by atoms with Crippen LogP contribution in [-0.4, -0.2) is 18.5 Å². The van der Waals surface area contributed by atoms with E-state index in [0.29, 0.717) is 6.04 Å². The van der Waals surface area contributed by atoms with E-state index in [1.165, 1.54) is 32.1 Å². The van der Waals surface area contributed by atoms with Crippen LogP contribution in [0.2, 0.25) is 0 Å². The standard InChI is InChI=1S/C12H24N2O/c1-9-6-4-3-5-7-11(9)14-8-10(2)12(13)15/h9-11,14H,3-8H2,1-2H3,(H2,13,15). The van der Waals surface area contributed by atoms with Crippen LogP contribution in [0.3, 0.4) is 0 Å². The Hall–Kier alpha value is -0.570. The molecule has 88 valence electrons. The maximum Gasteiger partial charge on any atom is 0.221 e. The lowest BCUT2D eigenvalue weighted by atomic mass is 9.96. The van der Waals surface area contributed by atoms with Gasteiger partial charge in [-0.3, -0.25) is 4.79 Å². The molecule has 0 bridgehead atoms. The Kier molecular flexibility index (Phi) is 5.09. The molecule has 0 heterocycles. The zero-order valence-corrected chi connectivity index (χ0v) is 9.96. The highest BCUT2D eigenvalue weighted by molar-refractivity contribution is 5.76. The van der Waals surface area contributed by atoms with Gasteiger partial charge >= 0.3 is 0 Å². The minimum absolute atomic E-state index is 0.0551. The Morgan fingerprint density at radius 1 is 1.40 bits per heavy atom. The second-order valence-electron chi connectivity index (χ2n) is 4.93. The fraction of sp³-hybridized carbons (Fsp3) is 0.917. The maximum atomic E-state index is 10.9. The van der Waals surface area contributed by atoms with Crippen molar-refractivity contribution in [2.75, 3.05) is 6.54 Å². The largest absolute Gasteiger partial charge is 0.369 e. The van der Waals surface area contributed by atoms with Gasteiger partial charge in [0.15, 0.2) is 0 Å². The summed E-state index contributed by atoms with van der Waals surface area (Å²) >= 11 is 0. The van der Waals surface area contributed by atoms with Gasteiger partial charge in [-0.25, -0.2) is 0 Å². The van der Waals surface area contributed by atoms with Crippen LogP contribution in [0.1, 0.15) is 46.0 Å². The first-order valence-corrected chi connectivity index (χ1v) is 6.14. The molecule has 15 heavy (non-hydrogen) atoms. The van der Waals surface area contributed by atoms with Crippen LogP contribution in [0, 0.1) is 11.8 Å². The molecule has 0 radical (unpaired) electrons. The zero-order valence-electron chi connectivity index (χ0n) is 9.96. The van der Waals surface area contributed by atoms with E-state index in [9.17, 15) is 4.79 Å². The molecule has 1 saturated carbocycles. The minimum Gasteiger partial charge on any atom is -0.369 e. The molecule has 0 spiro atoms. The first-order chi connectivity index (χ1) is 7.11. The summed E-state index contributed by atoms with van der Waals surface area (Å²) in [6.45, 7) is 4.92. The summed E-state index contributed by atoms with van der Waals surface area (Å²) < 4.78 is 0. The average molecular weight is 212 g/mol. The Bertz CT molecular complexity index is 206. The molecule has 1 rings (SSSR count). The van der Waals surface area contributed by atoms with E-state index in [-0.39, 0.29) is 11.8 Å². The molecule has 1 aliphatic carbocycles. The summed E-state index contributed by atoms with van der Waals surface area (Å²) in [6, 6.07) is 0.578. The summed E-state index contributed by atoms with van der Waals surface area (Å²) in [4.78, 5) is 10.9. The van der Waals surface area contributed by atoms with E-state index in [0.717, 1.165) is 12.5 Å². The van der Waals surface area contributed by atoms with E-state index in [1.54, 1.807) is 0 Å². The van der Waals surface area contributed by atoms with Gasteiger partial charge in [0.05, 0.1) is 0 Å². The normalized spacial score (nSPS) is 29.5. The van der Waals surface area contributed by atoms with Gasteiger partial charge in [0.2, 0.25) is 5.91 Å². The molecule has 0 saturated heterocycles. The molecule has 0 aromatic rings. The predicted octanol–water partition coefficient (Wildman–Crippen LogP) is 1.67. The van der Waals surface area contributed by atoms with Crippen molar-refractivity contribution in [1.82, 2.24) is 5.32 Å². The molecular formula is C12H24N2O. The highest BCUT2D eigenvalue weighted by atomic mass is 16.1. The predicted molar refractivity (Wildman–Crippen MR) is 62.4 cm³/mol. The fourth-order valence-electron chi connectivity index (χ4n) is 2.23. The van der Waals surface area contributed by atoms with Crippen LogP contribution >= 0.6 is 0 Å².